The second-order valence-electron chi connectivity index (χ2n) is 7.30. The fourth-order valence-corrected chi connectivity index (χ4v) is 2.86. The zero-order chi connectivity index (χ0) is 22.0. The summed E-state index contributed by atoms with van der Waals surface area (Å²) in [6, 6.07) is 16.4. The van der Waals surface area contributed by atoms with Gasteiger partial charge >= 0.3 is 0 Å². The second kappa shape index (κ2) is 16.1. The van der Waals surface area contributed by atoms with Crippen molar-refractivity contribution in [2.24, 2.45) is 9.98 Å². The standard InChI is InChI=1S/C25H36N6/c1-2-11-27-12-15-29-20-24-7-9-25(10-8-24)21-31-17-14-28-13-16-30-19-23-5-3-22(18-26)4-6-23/h3-10,18,20-21,26-28,30H,2,11-17,19H2,1H3. The van der Waals surface area contributed by atoms with E-state index in [1.807, 2.05) is 24.6 Å². The summed E-state index contributed by atoms with van der Waals surface area (Å²) >= 11 is 0. The van der Waals surface area contributed by atoms with Gasteiger partial charge in [-0.2, -0.15) is 0 Å². The molecule has 2 aromatic rings. The Morgan fingerprint density at radius 2 is 1.19 bits per heavy atom. The molecular weight excluding hydrogens is 384 g/mol. The number of benzene rings is 2. The van der Waals surface area contributed by atoms with Gasteiger partial charge in [0.1, 0.15) is 0 Å². The van der Waals surface area contributed by atoms with Gasteiger partial charge in [-0.05, 0) is 35.2 Å². The zero-order valence-electron chi connectivity index (χ0n) is 18.6. The minimum atomic E-state index is 0.763. The maximum atomic E-state index is 7.21. The minimum Gasteiger partial charge on any atom is -0.315 e. The Labute approximate surface area is 186 Å². The van der Waals surface area contributed by atoms with E-state index in [4.69, 9.17) is 5.41 Å². The van der Waals surface area contributed by atoms with E-state index in [-0.39, 0.29) is 0 Å². The zero-order valence-corrected chi connectivity index (χ0v) is 18.6. The van der Waals surface area contributed by atoms with Gasteiger partial charge in [-0.15, -0.1) is 0 Å². The normalized spacial score (nSPS) is 11.5. The van der Waals surface area contributed by atoms with Gasteiger partial charge in [-0.1, -0.05) is 55.5 Å². The molecule has 0 atom stereocenters. The number of nitrogens with one attached hydrogen (secondary N) is 4. The molecule has 2 rings (SSSR count). The van der Waals surface area contributed by atoms with E-state index >= 15 is 0 Å². The molecule has 0 unspecified atom stereocenters. The van der Waals surface area contributed by atoms with Gasteiger partial charge in [-0.3, -0.25) is 9.98 Å². The van der Waals surface area contributed by atoms with Crippen LogP contribution < -0.4 is 16.0 Å². The predicted molar refractivity (Wildman–Crippen MR) is 133 cm³/mol. The number of aliphatic imine (C=N–C) groups is 2. The summed E-state index contributed by atoms with van der Waals surface area (Å²) in [4.78, 5) is 8.93. The monoisotopic (exact) mass is 420 g/mol. The summed E-state index contributed by atoms with van der Waals surface area (Å²) in [5.41, 5.74) is 4.39. The van der Waals surface area contributed by atoms with Crippen LogP contribution in [0.2, 0.25) is 0 Å². The Hall–Kier alpha value is -2.67. The van der Waals surface area contributed by atoms with Crippen LogP contribution in [-0.4, -0.2) is 64.5 Å². The van der Waals surface area contributed by atoms with E-state index in [1.165, 1.54) is 11.8 Å². The maximum Gasteiger partial charge on any atom is 0.0514 e. The van der Waals surface area contributed by atoms with Crippen molar-refractivity contribution in [1.29, 1.82) is 5.41 Å². The van der Waals surface area contributed by atoms with Crippen molar-refractivity contribution in [2.45, 2.75) is 19.9 Å². The maximum absolute atomic E-state index is 7.21. The first-order valence-electron chi connectivity index (χ1n) is 11.1. The fourth-order valence-electron chi connectivity index (χ4n) is 2.86. The first-order chi connectivity index (χ1) is 15.3. The van der Waals surface area contributed by atoms with Gasteiger partial charge in [0.05, 0.1) is 13.1 Å². The molecule has 31 heavy (non-hydrogen) atoms. The Kier molecular flexibility index (Phi) is 12.8. The van der Waals surface area contributed by atoms with E-state index in [1.54, 1.807) is 0 Å². The van der Waals surface area contributed by atoms with Crippen molar-refractivity contribution < 1.29 is 0 Å². The van der Waals surface area contributed by atoms with Gasteiger partial charge in [0.25, 0.3) is 0 Å². The van der Waals surface area contributed by atoms with E-state index < -0.39 is 0 Å². The molecule has 0 heterocycles. The molecule has 0 saturated carbocycles. The molecule has 4 N–H and O–H groups in total. The molecular formula is C25H36N6. The smallest absolute Gasteiger partial charge is 0.0514 e. The van der Waals surface area contributed by atoms with Crippen molar-refractivity contribution in [1.82, 2.24) is 16.0 Å². The number of nitrogens with zero attached hydrogens (tertiary/aromatic N) is 2. The van der Waals surface area contributed by atoms with Crippen molar-refractivity contribution in [2.75, 3.05) is 45.8 Å². The highest BCUT2D eigenvalue weighted by Crippen LogP contribution is 2.02. The van der Waals surface area contributed by atoms with Crippen LogP contribution in [0.3, 0.4) is 0 Å². The Balaban J connectivity index is 1.51. The third kappa shape index (κ3) is 11.3. The molecule has 0 aliphatic carbocycles. The first-order valence-corrected chi connectivity index (χ1v) is 11.1. The van der Waals surface area contributed by atoms with Gasteiger partial charge in [0.15, 0.2) is 0 Å². The van der Waals surface area contributed by atoms with Crippen LogP contribution in [0.15, 0.2) is 58.5 Å². The lowest BCUT2D eigenvalue weighted by Crippen LogP contribution is -2.28. The summed E-state index contributed by atoms with van der Waals surface area (Å²) in [7, 11) is 0. The highest BCUT2D eigenvalue weighted by atomic mass is 14.9. The molecule has 166 valence electrons. The Bertz CT molecular complexity index is 781. The number of hydrogen-bond acceptors (Lipinski definition) is 6. The quantitative estimate of drug-likeness (QED) is 0.249. The van der Waals surface area contributed by atoms with Crippen LogP contribution >= 0.6 is 0 Å². The van der Waals surface area contributed by atoms with E-state index in [0.29, 0.717) is 0 Å². The van der Waals surface area contributed by atoms with Crippen LogP contribution in [0.5, 0.6) is 0 Å². The topological polar surface area (TPSA) is 84.7 Å². The van der Waals surface area contributed by atoms with Crippen LogP contribution in [-0.2, 0) is 6.54 Å². The summed E-state index contributed by atoms with van der Waals surface area (Å²) < 4.78 is 0. The molecule has 0 aromatic heterocycles. The molecule has 0 spiro atoms. The Morgan fingerprint density at radius 1 is 0.677 bits per heavy atom. The van der Waals surface area contributed by atoms with Crippen molar-refractivity contribution in [3.8, 4) is 0 Å². The van der Waals surface area contributed by atoms with Crippen LogP contribution in [0.4, 0.5) is 0 Å². The largest absolute Gasteiger partial charge is 0.315 e. The molecule has 0 aliphatic heterocycles. The van der Waals surface area contributed by atoms with E-state index in [9.17, 15) is 0 Å². The third-order valence-corrected chi connectivity index (χ3v) is 4.63. The lowest BCUT2D eigenvalue weighted by atomic mass is 10.1. The number of hydrogen-bond donors (Lipinski definition) is 4. The highest BCUT2D eigenvalue weighted by Gasteiger charge is 1.94. The van der Waals surface area contributed by atoms with E-state index in [2.05, 4.69) is 69.3 Å². The third-order valence-electron chi connectivity index (χ3n) is 4.63. The van der Waals surface area contributed by atoms with Gasteiger partial charge < -0.3 is 21.4 Å². The first kappa shape index (κ1) is 24.6. The molecule has 6 heteroatoms. The Morgan fingerprint density at radius 3 is 1.74 bits per heavy atom. The molecule has 6 nitrogen and oxygen atoms in total. The predicted octanol–water partition coefficient (Wildman–Crippen LogP) is 2.90. The summed E-state index contributed by atoms with van der Waals surface area (Å²) in [5, 5.41) is 17.4. The molecule has 0 saturated heterocycles. The van der Waals surface area contributed by atoms with Gasteiger partial charge in [0.2, 0.25) is 0 Å². The second-order valence-corrected chi connectivity index (χ2v) is 7.30. The van der Waals surface area contributed by atoms with E-state index in [0.717, 1.165) is 75.5 Å². The number of rotatable bonds is 16. The summed E-state index contributed by atoms with van der Waals surface area (Å²) in [6.45, 7) is 9.25. The van der Waals surface area contributed by atoms with Gasteiger partial charge in [-0.25, -0.2) is 0 Å². The average molecular weight is 421 g/mol. The summed E-state index contributed by atoms with van der Waals surface area (Å²) in [5.74, 6) is 0. The van der Waals surface area contributed by atoms with Crippen LogP contribution in [0.25, 0.3) is 0 Å². The lowest BCUT2D eigenvalue weighted by molar-refractivity contribution is 0.615. The molecule has 0 radical (unpaired) electrons. The van der Waals surface area contributed by atoms with Gasteiger partial charge in [0, 0.05) is 51.4 Å². The molecule has 0 amide bonds. The van der Waals surface area contributed by atoms with Crippen molar-refractivity contribution >= 4 is 18.6 Å². The highest BCUT2D eigenvalue weighted by molar-refractivity contribution is 5.84. The average Bonchev–Trinajstić information content (AvgIpc) is 2.81. The summed E-state index contributed by atoms with van der Waals surface area (Å²) in [6.07, 6.45) is 6.37. The SMILES string of the molecule is CCCNCCN=Cc1ccc(C=NCCNCCNCc2ccc(C=N)cc2)cc1. The molecule has 0 bridgehead atoms. The van der Waals surface area contributed by atoms with Crippen molar-refractivity contribution in [3.63, 3.8) is 0 Å². The molecule has 0 aliphatic rings. The lowest BCUT2D eigenvalue weighted by Gasteiger charge is -2.06. The van der Waals surface area contributed by atoms with Crippen molar-refractivity contribution in [3.05, 3.63) is 70.8 Å². The van der Waals surface area contributed by atoms with Crippen LogP contribution in [0.1, 0.15) is 35.6 Å². The fraction of sp³-hybridized carbons (Fsp3) is 0.400. The molecule has 0 fully saturated rings. The van der Waals surface area contributed by atoms with Crippen LogP contribution in [0, 0.1) is 5.41 Å². The molecule has 2 aromatic carbocycles. The minimum absolute atomic E-state index is 0.763.